The van der Waals surface area contributed by atoms with Crippen molar-refractivity contribution < 1.29 is 34.2 Å². The molecule has 94 valence electrons. The lowest BCUT2D eigenvalue weighted by atomic mass is 10.1. The van der Waals surface area contributed by atoms with E-state index in [0.29, 0.717) is 0 Å². The Morgan fingerprint density at radius 1 is 0.889 bits per heavy atom. The summed E-state index contributed by atoms with van der Waals surface area (Å²) in [6.07, 6.45) is 4.26. The van der Waals surface area contributed by atoms with Gasteiger partial charge in [-0.05, 0) is 17.5 Å². The van der Waals surface area contributed by atoms with Gasteiger partial charge in [-0.1, -0.05) is 24.3 Å². The van der Waals surface area contributed by atoms with Crippen LogP contribution in [0.5, 0.6) is 0 Å². The third-order valence-corrected chi connectivity index (χ3v) is 2.54. The lowest BCUT2D eigenvalue weighted by molar-refractivity contribution is -2.00. The monoisotopic (exact) mass is 267 g/mol. The summed E-state index contributed by atoms with van der Waals surface area (Å²) in [5.74, 6) is 0. The first-order chi connectivity index (χ1) is 8.45. The molecule has 18 heavy (non-hydrogen) atoms. The highest BCUT2D eigenvalue weighted by Crippen LogP contribution is 2.26. The summed E-state index contributed by atoms with van der Waals surface area (Å²) in [6.45, 7) is 0. The van der Waals surface area contributed by atoms with Crippen molar-refractivity contribution in [3.05, 3.63) is 48.2 Å². The van der Waals surface area contributed by atoms with E-state index < -0.39 is 10.2 Å². The van der Waals surface area contributed by atoms with Crippen molar-refractivity contribution in [3.8, 4) is 0 Å². The number of fused-ring (bicyclic) bond motifs is 3. The molecule has 0 unspecified atom stereocenters. The third kappa shape index (κ3) is 3.27. The van der Waals surface area contributed by atoms with Crippen LogP contribution in [0.15, 0.2) is 42.6 Å². The van der Waals surface area contributed by atoms with Crippen LogP contribution in [0.4, 0.5) is 5.69 Å². The van der Waals surface area contributed by atoms with E-state index in [9.17, 15) is 0 Å². The number of quaternary nitrogens is 1. The van der Waals surface area contributed by atoms with Gasteiger partial charge in [0.25, 0.3) is 0 Å². The molecule has 0 saturated heterocycles. The molecule has 1 aliphatic heterocycles. The molecule has 1 aliphatic rings. The van der Waals surface area contributed by atoms with E-state index in [1.165, 1.54) is 22.0 Å². The molecule has 0 saturated carbocycles. The van der Waals surface area contributed by atoms with Crippen LogP contribution in [0.3, 0.4) is 0 Å². The molecule has 0 atom stereocenters. The van der Waals surface area contributed by atoms with Crippen molar-refractivity contribution in [3.63, 3.8) is 0 Å². The molecule has 1 heterocycles. The smallest absolute Gasteiger partial charge is 0.149 e. The van der Waals surface area contributed by atoms with Crippen LogP contribution in [-0.2, 0) is 0 Å². The number of nitrogens with two attached hydrogens (primary N) is 1. The average Bonchev–Trinajstić information content (AvgIpc) is 2.75. The first kappa shape index (κ1) is 13.0. The molecule has 6 heteroatoms. The molecule has 0 radical (unpaired) electrons. The molecule has 2 aromatic rings. The Labute approximate surface area is 105 Å². The summed E-state index contributed by atoms with van der Waals surface area (Å²) >= 11 is 0. The second-order valence-corrected chi connectivity index (χ2v) is 4.45. The molecule has 0 bridgehead atoms. The SMILES string of the molecule is C1=Cc2ccc3ccccc3c2[NH2+]1.[O-][Cl+3]([O-])([O-])[O-]. The van der Waals surface area contributed by atoms with Crippen molar-refractivity contribution in [1.82, 2.24) is 0 Å². The Kier molecular flexibility index (Phi) is 3.63. The topological polar surface area (TPSA) is 109 Å². The first-order valence-corrected chi connectivity index (χ1v) is 6.33. The zero-order valence-electron chi connectivity index (χ0n) is 9.21. The largest absolute Gasteiger partial charge is 0.287 e. The van der Waals surface area contributed by atoms with Gasteiger partial charge in [0.2, 0.25) is 0 Å². The van der Waals surface area contributed by atoms with Crippen molar-refractivity contribution >= 4 is 22.5 Å². The van der Waals surface area contributed by atoms with Gasteiger partial charge < -0.3 is 0 Å². The highest BCUT2D eigenvalue weighted by atomic mass is 35.7. The van der Waals surface area contributed by atoms with Gasteiger partial charge in [0.1, 0.15) is 5.69 Å². The van der Waals surface area contributed by atoms with Crippen molar-refractivity contribution in [2.24, 2.45) is 0 Å². The van der Waals surface area contributed by atoms with Crippen molar-refractivity contribution in [2.45, 2.75) is 0 Å². The van der Waals surface area contributed by atoms with Crippen LogP contribution in [0.1, 0.15) is 5.56 Å². The lowest BCUT2D eigenvalue weighted by Crippen LogP contribution is -2.69. The summed E-state index contributed by atoms with van der Waals surface area (Å²) < 4.78 is 34.0. The molecule has 0 fully saturated rings. The second kappa shape index (κ2) is 5.03. The highest BCUT2D eigenvalue weighted by Gasteiger charge is 2.12. The molecular formula is C12H10ClNO4. The summed E-state index contributed by atoms with van der Waals surface area (Å²) in [6, 6.07) is 12.9. The Morgan fingerprint density at radius 3 is 2.28 bits per heavy atom. The number of hydrogen-bond donors (Lipinski definition) is 1. The van der Waals surface area contributed by atoms with E-state index in [2.05, 4.69) is 54.0 Å². The summed E-state index contributed by atoms with van der Waals surface area (Å²) in [4.78, 5) is 0. The minimum Gasteiger partial charge on any atom is -0.287 e. The van der Waals surface area contributed by atoms with E-state index >= 15 is 0 Å². The van der Waals surface area contributed by atoms with Gasteiger partial charge in [-0.25, -0.2) is 18.6 Å². The minimum absolute atomic E-state index is 1.32. The maximum Gasteiger partial charge on any atom is 0.149 e. The standard InChI is InChI=1S/C12H9N.ClHO4/c1-2-4-11-9(3-1)5-6-10-7-8-13-12(10)11;2-1(3,4)5/h1-8,13H;(H,2,3,4,5). The molecule has 3 rings (SSSR count). The maximum absolute atomic E-state index is 8.49. The molecular weight excluding hydrogens is 258 g/mol. The van der Waals surface area contributed by atoms with E-state index in [1.807, 2.05) is 0 Å². The summed E-state index contributed by atoms with van der Waals surface area (Å²) in [7, 11) is -4.94. The van der Waals surface area contributed by atoms with Crippen LogP contribution < -0.4 is 24.0 Å². The summed E-state index contributed by atoms with van der Waals surface area (Å²) in [5.41, 5.74) is 2.69. The molecule has 0 aromatic heterocycles. The zero-order chi connectivity index (χ0) is 13.2. The van der Waals surface area contributed by atoms with Crippen LogP contribution in [0, 0.1) is 10.2 Å². The first-order valence-electron chi connectivity index (χ1n) is 5.10. The Balaban J connectivity index is 0.000000209. The molecule has 5 nitrogen and oxygen atoms in total. The van der Waals surface area contributed by atoms with Crippen LogP contribution in [0.2, 0.25) is 0 Å². The third-order valence-electron chi connectivity index (χ3n) is 2.54. The van der Waals surface area contributed by atoms with Gasteiger partial charge in [0.05, 0.1) is 6.20 Å². The van der Waals surface area contributed by atoms with E-state index in [4.69, 9.17) is 18.6 Å². The molecule has 0 spiro atoms. The molecule has 2 N–H and O–H groups in total. The maximum atomic E-state index is 8.49. The molecule has 0 aliphatic carbocycles. The van der Waals surface area contributed by atoms with Crippen LogP contribution >= 0.6 is 0 Å². The minimum atomic E-state index is -4.94. The Bertz CT molecular complexity index is 586. The van der Waals surface area contributed by atoms with Gasteiger partial charge in [0.15, 0.2) is 0 Å². The van der Waals surface area contributed by atoms with E-state index in [0.717, 1.165) is 0 Å². The Morgan fingerprint density at radius 2 is 1.56 bits per heavy atom. The second-order valence-electron chi connectivity index (χ2n) is 3.69. The number of hydrogen-bond acceptors (Lipinski definition) is 4. The lowest BCUT2D eigenvalue weighted by Gasteiger charge is -2.17. The van der Waals surface area contributed by atoms with Crippen LogP contribution in [0.25, 0.3) is 16.8 Å². The number of rotatable bonds is 0. The predicted molar refractivity (Wildman–Crippen MR) is 54.6 cm³/mol. The predicted octanol–water partition coefficient (Wildman–Crippen LogP) is -2.74. The highest BCUT2D eigenvalue weighted by molar-refractivity contribution is 5.95. The van der Waals surface area contributed by atoms with Gasteiger partial charge in [-0.15, -0.1) is 10.2 Å². The van der Waals surface area contributed by atoms with Gasteiger partial charge in [-0.3, -0.25) is 5.32 Å². The van der Waals surface area contributed by atoms with Crippen molar-refractivity contribution in [1.29, 1.82) is 0 Å². The molecule has 0 amide bonds. The van der Waals surface area contributed by atoms with Gasteiger partial charge in [0, 0.05) is 17.0 Å². The Hall–Kier alpha value is -1.47. The normalized spacial score (nSPS) is 13.1. The van der Waals surface area contributed by atoms with Crippen molar-refractivity contribution in [2.75, 3.05) is 0 Å². The van der Waals surface area contributed by atoms with E-state index in [1.54, 1.807) is 0 Å². The summed E-state index contributed by atoms with van der Waals surface area (Å²) in [5, 5.41) is 4.85. The number of halogens is 1. The zero-order valence-corrected chi connectivity index (χ0v) is 9.96. The fraction of sp³-hybridized carbons (Fsp3) is 0. The van der Waals surface area contributed by atoms with Crippen LogP contribution in [-0.4, -0.2) is 0 Å². The molecule has 2 aromatic carbocycles. The van der Waals surface area contributed by atoms with Gasteiger partial charge >= 0.3 is 0 Å². The fourth-order valence-electron chi connectivity index (χ4n) is 1.89. The quantitative estimate of drug-likeness (QED) is 0.522. The fourth-order valence-corrected chi connectivity index (χ4v) is 1.89. The van der Waals surface area contributed by atoms with E-state index in [-0.39, 0.29) is 0 Å². The van der Waals surface area contributed by atoms with Gasteiger partial charge in [-0.2, -0.15) is 0 Å². The number of benzene rings is 2. The average molecular weight is 268 g/mol.